The van der Waals surface area contributed by atoms with E-state index < -0.39 is 0 Å². The largest absolute Gasteiger partial charge is 0.257 e. The summed E-state index contributed by atoms with van der Waals surface area (Å²) in [4.78, 5) is 4.99. The fourth-order valence-electron chi connectivity index (χ4n) is 3.95. The van der Waals surface area contributed by atoms with Gasteiger partial charge in [-0.2, -0.15) is 0 Å². The lowest BCUT2D eigenvalue weighted by atomic mass is 9.70. The van der Waals surface area contributed by atoms with Gasteiger partial charge in [-0.25, -0.2) is 0 Å². The minimum atomic E-state index is 0.321. The monoisotopic (exact) mass is 241 g/mol. The molecule has 2 bridgehead atoms. The molecule has 1 aromatic carbocycles. The minimum absolute atomic E-state index is 0.321. The van der Waals surface area contributed by atoms with Crippen molar-refractivity contribution in [3.63, 3.8) is 0 Å². The maximum atomic E-state index is 4.99. The van der Waals surface area contributed by atoms with Crippen molar-refractivity contribution in [2.45, 2.75) is 47.0 Å². The number of aryl methyl sites for hydroxylation is 1. The van der Waals surface area contributed by atoms with Gasteiger partial charge in [-0.1, -0.05) is 32.9 Å². The highest BCUT2D eigenvalue weighted by Crippen LogP contribution is 2.64. The fraction of sp³-hybridized carbons (Fsp3) is 0.588. The smallest absolute Gasteiger partial charge is 0.0631 e. The van der Waals surface area contributed by atoms with Gasteiger partial charge in [0.05, 0.1) is 5.69 Å². The molecule has 1 aromatic rings. The van der Waals surface area contributed by atoms with Crippen molar-refractivity contribution < 1.29 is 0 Å². The van der Waals surface area contributed by atoms with E-state index in [1.165, 1.54) is 30.5 Å². The molecular formula is C17H23N. The molecule has 2 aliphatic carbocycles. The summed E-state index contributed by atoms with van der Waals surface area (Å²) in [7, 11) is 0. The second-order valence-corrected chi connectivity index (χ2v) is 6.89. The molecule has 18 heavy (non-hydrogen) atoms. The van der Waals surface area contributed by atoms with Crippen LogP contribution in [0.5, 0.6) is 0 Å². The maximum absolute atomic E-state index is 4.99. The summed E-state index contributed by atoms with van der Waals surface area (Å²) < 4.78 is 0. The van der Waals surface area contributed by atoms with Crippen molar-refractivity contribution in [3.8, 4) is 0 Å². The molecule has 2 aliphatic rings. The van der Waals surface area contributed by atoms with Crippen LogP contribution in [0.1, 0.15) is 45.6 Å². The molecule has 0 saturated heterocycles. The van der Waals surface area contributed by atoms with Crippen LogP contribution >= 0.6 is 0 Å². The highest BCUT2D eigenvalue weighted by Gasteiger charge is 2.59. The average Bonchev–Trinajstić information content (AvgIpc) is 2.62. The van der Waals surface area contributed by atoms with Crippen LogP contribution in [0, 0.1) is 23.7 Å². The lowest BCUT2D eigenvalue weighted by molar-refractivity contribution is 0.194. The minimum Gasteiger partial charge on any atom is -0.257 e. The Morgan fingerprint density at radius 2 is 2.00 bits per heavy atom. The van der Waals surface area contributed by atoms with Gasteiger partial charge in [0.25, 0.3) is 0 Å². The third-order valence-corrected chi connectivity index (χ3v) is 5.78. The van der Waals surface area contributed by atoms with Crippen molar-refractivity contribution in [3.05, 3.63) is 29.8 Å². The summed E-state index contributed by atoms with van der Waals surface area (Å²) in [5.41, 5.74) is 4.62. The molecule has 0 amide bonds. The van der Waals surface area contributed by atoms with Crippen molar-refractivity contribution >= 4 is 11.4 Å². The van der Waals surface area contributed by atoms with Gasteiger partial charge in [0.15, 0.2) is 0 Å². The van der Waals surface area contributed by atoms with Gasteiger partial charge in [-0.3, -0.25) is 4.99 Å². The first-order chi connectivity index (χ1) is 8.43. The number of fused-ring (bicyclic) bond motifs is 2. The standard InChI is InChI=1S/C17H23N/c1-12-6-5-7-14(10-12)18-15-11-13-8-9-17(15,4)16(13,2)3/h5-7,10,13H,8-9,11H2,1-4H3. The molecule has 96 valence electrons. The predicted molar refractivity (Wildman–Crippen MR) is 77.5 cm³/mol. The Hall–Kier alpha value is -1.11. The highest BCUT2D eigenvalue weighted by atomic mass is 14.8. The summed E-state index contributed by atoms with van der Waals surface area (Å²) in [5, 5.41) is 0. The summed E-state index contributed by atoms with van der Waals surface area (Å²) in [6, 6.07) is 8.56. The Labute approximate surface area is 110 Å². The van der Waals surface area contributed by atoms with Crippen LogP contribution in [0.15, 0.2) is 29.3 Å². The van der Waals surface area contributed by atoms with E-state index in [2.05, 4.69) is 52.0 Å². The summed E-state index contributed by atoms with van der Waals surface area (Å²) >= 11 is 0. The van der Waals surface area contributed by atoms with Crippen LogP contribution in [0.2, 0.25) is 0 Å². The van der Waals surface area contributed by atoms with Crippen LogP contribution in [-0.2, 0) is 0 Å². The van der Waals surface area contributed by atoms with E-state index in [0.29, 0.717) is 10.8 Å². The maximum Gasteiger partial charge on any atom is 0.0631 e. The van der Waals surface area contributed by atoms with E-state index in [4.69, 9.17) is 4.99 Å². The molecule has 1 heteroatoms. The van der Waals surface area contributed by atoms with Crippen LogP contribution in [0.4, 0.5) is 5.69 Å². The fourth-order valence-corrected chi connectivity index (χ4v) is 3.95. The zero-order valence-electron chi connectivity index (χ0n) is 12.0. The lowest BCUT2D eigenvalue weighted by Crippen LogP contribution is -2.32. The first-order valence-electron chi connectivity index (χ1n) is 7.08. The SMILES string of the molecule is Cc1cccc(N=C2CC3CCC2(C)C3(C)C)c1. The third kappa shape index (κ3) is 1.49. The molecule has 2 atom stereocenters. The number of rotatable bonds is 1. The number of benzene rings is 1. The molecule has 0 radical (unpaired) electrons. The first-order valence-corrected chi connectivity index (χ1v) is 7.08. The topological polar surface area (TPSA) is 12.4 Å². The molecule has 3 rings (SSSR count). The van der Waals surface area contributed by atoms with Crippen LogP contribution in [0.25, 0.3) is 0 Å². The van der Waals surface area contributed by atoms with Crippen molar-refractivity contribution in [1.29, 1.82) is 0 Å². The normalized spacial score (nSPS) is 35.3. The first kappa shape index (κ1) is 12.0. The molecule has 1 nitrogen and oxygen atoms in total. The van der Waals surface area contributed by atoms with Crippen molar-refractivity contribution in [2.24, 2.45) is 21.7 Å². The van der Waals surface area contributed by atoms with Gasteiger partial charge >= 0.3 is 0 Å². The van der Waals surface area contributed by atoms with Gasteiger partial charge in [0, 0.05) is 11.1 Å². The number of nitrogens with zero attached hydrogens (tertiary/aromatic N) is 1. The second-order valence-electron chi connectivity index (χ2n) is 6.89. The van der Waals surface area contributed by atoms with Gasteiger partial charge in [0.1, 0.15) is 0 Å². The lowest BCUT2D eigenvalue weighted by Gasteiger charge is -2.34. The molecule has 2 saturated carbocycles. The number of hydrogen-bond donors (Lipinski definition) is 0. The second kappa shape index (κ2) is 3.69. The third-order valence-electron chi connectivity index (χ3n) is 5.78. The zero-order valence-corrected chi connectivity index (χ0v) is 12.0. The van der Waals surface area contributed by atoms with Gasteiger partial charge in [-0.15, -0.1) is 0 Å². The molecule has 0 aromatic heterocycles. The van der Waals surface area contributed by atoms with E-state index in [0.717, 1.165) is 11.6 Å². The molecule has 0 aliphatic heterocycles. The quantitative estimate of drug-likeness (QED) is 0.662. The van der Waals surface area contributed by atoms with E-state index in [-0.39, 0.29) is 0 Å². The van der Waals surface area contributed by atoms with E-state index in [1.807, 2.05) is 0 Å². The highest BCUT2D eigenvalue weighted by molar-refractivity contribution is 5.96. The Kier molecular flexibility index (Phi) is 2.45. The van der Waals surface area contributed by atoms with Gasteiger partial charge < -0.3 is 0 Å². The van der Waals surface area contributed by atoms with Crippen molar-refractivity contribution in [1.82, 2.24) is 0 Å². The Morgan fingerprint density at radius 3 is 2.56 bits per heavy atom. The van der Waals surface area contributed by atoms with Gasteiger partial charge in [-0.05, 0) is 55.2 Å². The van der Waals surface area contributed by atoms with Crippen LogP contribution in [0.3, 0.4) is 0 Å². The number of aliphatic imine (C=N–C) groups is 1. The molecule has 0 heterocycles. The summed E-state index contributed by atoms with van der Waals surface area (Å²) in [5.74, 6) is 0.839. The summed E-state index contributed by atoms with van der Waals surface area (Å²) in [6.45, 7) is 9.43. The molecule has 2 unspecified atom stereocenters. The van der Waals surface area contributed by atoms with Crippen LogP contribution < -0.4 is 0 Å². The molecular weight excluding hydrogens is 218 g/mol. The predicted octanol–water partition coefficient (Wildman–Crippen LogP) is 4.91. The average molecular weight is 241 g/mol. The summed E-state index contributed by atoms with van der Waals surface area (Å²) in [6.07, 6.45) is 3.91. The van der Waals surface area contributed by atoms with Crippen LogP contribution in [-0.4, -0.2) is 5.71 Å². The van der Waals surface area contributed by atoms with Gasteiger partial charge in [0.2, 0.25) is 0 Å². The molecule has 2 fully saturated rings. The molecule has 0 spiro atoms. The van der Waals surface area contributed by atoms with Crippen molar-refractivity contribution in [2.75, 3.05) is 0 Å². The Balaban J connectivity index is 2.00. The van der Waals surface area contributed by atoms with E-state index in [9.17, 15) is 0 Å². The number of hydrogen-bond acceptors (Lipinski definition) is 1. The van der Waals surface area contributed by atoms with E-state index in [1.54, 1.807) is 0 Å². The molecule has 0 N–H and O–H groups in total. The Morgan fingerprint density at radius 1 is 1.22 bits per heavy atom. The zero-order chi connectivity index (χ0) is 13.0. The van der Waals surface area contributed by atoms with E-state index >= 15 is 0 Å². The Bertz CT molecular complexity index is 512.